The number of rotatable bonds is 4. The second kappa shape index (κ2) is 9.40. The lowest BCUT2D eigenvalue weighted by Crippen LogP contribution is -2.24. The van der Waals surface area contributed by atoms with Crippen LogP contribution in [0, 0.1) is 0 Å². The highest BCUT2D eigenvalue weighted by molar-refractivity contribution is 5.46. The third-order valence-electron chi connectivity index (χ3n) is 1.11. The first-order chi connectivity index (χ1) is 5.20. The van der Waals surface area contributed by atoms with Gasteiger partial charge in [-0.15, -0.1) is 0 Å². The zero-order valence-corrected chi connectivity index (χ0v) is 7.80. The highest BCUT2D eigenvalue weighted by Crippen LogP contribution is 1.96. The van der Waals surface area contributed by atoms with Crippen LogP contribution in [0.5, 0.6) is 0 Å². The summed E-state index contributed by atoms with van der Waals surface area (Å²) in [7, 11) is 1.56. The van der Waals surface area contributed by atoms with Crippen molar-refractivity contribution in [3.05, 3.63) is 0 Å². The summed E-state index contributed by atoms with van der Waals surface area (Å²) in [5, 5.41) is 0. The lowest BCUT2D eigenvalue weighted by atomic mass is 10.3. The van der Waals surface area contributed by atoms with Crippen LogP contribution in [0.2, 0.25) is 0 Å². The zero-order chi connectivity index (χ0) is 9.28. The number of carbonyl (C=O) groups excluding carboxylic acids is 1. The highest BCUT2D eigenvalue weighted by Gasteiger charge is 2.04. The Kier molecular flexibility index (Phi) is 11.1. The fourth-order valence-corrected chi connectivity index (χ4v) is 0.485. The molecule has 0 bridgehead atoms. The predicted octanol–water partition coefficient (Wildman–Crippen LogP) is 1.85. The van der Waals surface area contributed by atoms with Crippen molar-refractivity contribution in [2.24, 2.45) is 0 Å². The summed E-state index contributed by atoms with van der Waals surface area (Å²) in [4.78, 5) is 11.2. The molecule has 3 heteroatoms. The van der Waals surface area contributed by atoms with Gasteiger partial charge in [-0.25, -0.2) is 4.39 Å². The third-order valence-corrected chi connectivity index (χ3v) is 1.11. The van der Waals surface area contributed by atoms with Gasteiger partial charge in [-0.3, -0.25) is 4.79 Å². The Balaban J connectivity index is 0. The van der Waals surface area contributed by atoms with Gasteiger partial charge in [-0.05, 0) is 6.42 Å². The minimum Gasteiger partial charge on any atom is -0.345 e. The van der Waals surface area contributed by atoms with Crippen molar-refractivity contribution in [2.45, 2.75) is 33.4 Å². The molecule has 0 radical (unpaired) electrons. The van der Waals surface area contributed by atoms with Crippen LogP contribution in [-0.2, 0) is 4.79 Å². The molecule has 0 aliphatic heterocycles. The number of amides is 1. The molecule has 0 aromatic carbocycles. The fourth-order valence-electron chi connectivity index (χ4n) is 0.485. The Bertz CT molecular complexity index is 88.2. The second-order valence-corrected chi connectivity index (χ2v) is 2.05. The van der Waals surface area contributed by atoms with Gasteiger partial charge in [0.2, 0.25) is 6.41 Å². The molecule has 0 fully saturated rings. The first kappa shape index (κ1) is 13.0. The summed E-state index contributed by atoms with van der Waals surface area (Å²) in [6, 6.07) is 0. The molecule has 0 heterocycles. The molecule has 0 rings (SSSR count). The fraction of sp³-hybridized carbons (Fsp3) is 0.875. The Labute approximate surface area is 68.4 Å². The van der Waals surface area contributed by atoms with Crippen LogP contribution in [-0.4, -0.2) is 31.1 Å². The zero-order valence-electron chi connectivity index (χ0n) is 7.80. The molecule has 0 aromatic heterocycles. The van der Waals surface area contributed by atoms with Crippen molar-refractivity contribution in [1.29, 1.82) is 0 Å². The first-order valence-electron chi connectivity index (χ1n) is 4.00. The average molecular weight is 163 g/mol. The van der Waals surface area contributed by atoms with Gasteiger partial charge in [0, 0.05) is 7.05 Å². The maximum absolute atomic E-state index is 12.4. The van der Waals surface area contributed by atoms with E-state index in [9.17, 15) is 9.18 Å². The Hall–Kier alpha value is -0.600. The number of alkyl halides is 1. The highest BCUT2D eigenvalue weighted by atomic mass is 19.1. The third kappa shape index (κ3) is 9.40. The van der Waals surface area contributed by atoms with Crippen molar-refractivity contribution >= 4 is 6.41 Å². The van der Waals surface area contributed by atoms with E-state index in [-0.39, 0.29) is 6.54 Å². The molecule has 2 nitrogen and oxygen atoms in total. The van der Waals surface area contributed by atoms with Gasteiger partial charge >= 0.3 is 0 Å². The van der Waals surface area contributed by atoms with Crippen LogP contribution in [0.15, 0.2) is 0 Å². The Morgan fingerprint density at radius 3 is 2.27 bits per heavy atom. The quantitative estimate of drug-likeness (QED) is 0.579. The van der Waals surface area contributed by atoms with Gasteiger partial charge in [-0.1, -0.05) is 20.8 Å². The molecule has 0 spiro atoms. The van der Waals surface area contributed by atoms with Gasteiger partial charge in [0.1, 0.15) is 6.17 Å². The van der Waals surface area contributed by atoms with Crippen LogP contribution >= 0.6 is 0 Å². The van der Waals surface area contributed by atoms with E-state index in [0.29, 0.717) is 12.8 Å². The van der Waals surface area contributed by atoms with Crippen molar-refractivity contribution in [3.8, 4) is 0 Å². The number of carbonyl (C=O) groups is 1. The first-order valence-corrected chi connectivity index (χ1v) is 4.00. The van der Waals surface area contributed by atoms with Crippen molar-refractivity contribution in [1.82, 2.24) is 4.90 Å². The molecule has 0 aromatic rings. The number of hydrogen-bond donors (Lipinski definition) is 0. The summed E-state index contributed by atoms with van der Waals surface area (Å²) >= 11 is 0. The molecule has 68 valence electrons. The van der Waals surface area contributed by atoms with E-state index < -0.39 is 6.17 Å². The maximum Gasteiger partial charge on any atom is 0.209 e. The lowest BCUT2D eigenvalue weighted by molar-refractivity contribution is -0.117. The van der Waals surface area contributed by atoms with Crippen molar-refractivity contribution < 1.29 is 9.18 Å². The molecule has 0 aliphatic rings. The standard InChI is InChI=1S/C6H12FNO.C2H6/c1-3-6(7)4-8(2)5-9;1-2/h5-6H,3-4H2,1-2H3;1-2H3. The molecule has 0 aliphatic carbocycles. The van der Waals surface area contributed by atoms with Gasteiger partial charge in [-0.2, -0.15) is 0 Å². The smallest absolute Gasteiger partial charge is 0.209 e. The topological polar surface area (TPSA) is 20.3 Å². The molecule has 0 saturated heterocycles. The van der Waals surface area contributed by atoms with E-state index in [0.717, 1.165) is 0 Å². The van der Waals surface area contributed by atoms with E-state index in [1.165, 1.54) is 4.90 Å². The predicted molar refractivity (Wildman–Crippen MR) is 45.2 cm³/mol. The van der Waals surface area contributed by atoms with E-state index in [1.807, 2.05) is 13.8 Å². The average Bonchev–Trinajstić information content (AvgIpc) is 2.07. The van der Waals surface area contributed by atoms with E-state index in [2.05, 4.69) is 0 Å². The van der Waals surface area contributed by atoms with E-state index >= 15 is 0 Å². The van der Waals surface area contributed by atoms with E-state index in [1.54, 1.807) is 14.0 Å². The van der Waals surface area contributed by atoms with Gasteiger partial charge in [0.05, 0.1) is 6.54 Å². The SMILES string of the molecule is CC.CCC(F)CN(C)C=O. The van der Waals surface area contributed by atoms with E-state index in [4.69, 9.17) is 0 Å². The van der Waals surface area contributed by atoms with Gasteiger partial charge < -0.3 is 4.90 Å². The second-order valence-electron chi connectivity index (χ2n) is 2.05. The monoisotopic (exact) mass is 163 g/mol. The summed E-state index contributed by atoms with van der Waals surface area (Å²) in [5.41, 5.74) is 0. The lowest BCUT2D eigenvalue weighted by Gasteiger charge is -2.11. The normalized spacial score (nSPS) is 11.0. The minimum absolute atomic E-state index is 0.208. The summed E-state index contributed by atoms with van der Waals surface area (Å²) in [6.45, 7) is 5.96. The Morgan fingerprint density at radius 2 is 2.00 bits per heavy atom. The number of nitrogens with zero attached hydrogens (tertiary/aromatic N) is 1. The minimum atomic E-state index is -0.875. The number of hydrogen-bond acceptors (Lipinski definition) is 1. The Morgan fingerprint density at radius 1 is 1.55 bits per heavy atom. The van der Waals surface area contributed by atoms with Crippen LogP contribution in [0.3, 0.4) is 0 Å². The van der Waals surface area contributed by atoms with Crippen molar-refractivity contribution in [3.63, 3.8) is 0 Å². The summed E-state index contributed by atoms with van der Waals surface area (Å²) < 4.78 is 12.4. The maximum atomic E-state index is 12.4. The summed E-state index contributed by atoms with van der Waals surface area (Å²) in [6.07, 6.45) is 0.223. The molecule has 0 N–H and O–H groups in total. The van der Waals surface area contributed by atoms with Crippen molar-refractivity contribution in [2.75, 3.05) is 13.6 Å². The molecule has 1 unspecified atom stereocenters. The van der Waals surface area contributed by atoms with Crippen LogP contribution in [0.1, 0.15) is 27.2 Å². The van der Waals surface area contributed by atoms with Gasteiger partial charge in [0.15, 0.2) is 0 Å². The largest absolute Gasteiger partial charge is 0.345 e. The molecular weight excluding hydrogens is 145 g/mol. The summed E-state index contributed by atoms with van der Waals surface area (Å²) in [5.74, 6) is 0. The van der Waals surface area contributed by atoms with Crippen LogP contribution in [0.25, 0.3) is 0 Å². The van der Waals surface area contributed by atoms with Gasteiger partial charge in [0.25, 0.3) is 0 Å². The molecule has 1 amide bonds. The van der Waals surface area contributed by atoms with Crippen LogP contribution in [0.4, 0.5) is 4.39 Å². The molecule has 0 saturated carbocycles. The molecule has 1 atom stereocenters. The molecular formula is C8H18FNO. The van der Waals surface area contributed by atoms with Crippen LogP contribution < -0.4 is 0 Å². The molecule has 11 heavy (non-hydrogen) atoms. The number of halogens is 1.